The summed E-state index contributed by atoms with van der Waals surface area (Å²) in [4.78, 5) is 12.0. The van der Waals surface area contributed by atoms with Crippen LogP contribution in [-0.4, -0.2) is 12.1 Å². The van der Waals surface area contributed by atoms with Gasteiger partial charge in [-0.25, -0.2) is 5.43 Å². The normalized spacial score (nSPS) is 10.7. The quantitative estimate of drug-likeness (QED) is 0.334. The number of carbonyl (C=O) groups is 1. The largest absolute Gasteiger partial charge is 0.489 e. The molecule has 0 heterocycles. The Hall–Kier alpha value is -2.67. The fourth-order valence-corrected chi connectivity index (χ4v) is 2.79. The molecule has 26 heavy (non-hydrogen) atoms. The van der Waals surface area contributed by atoms with Crippen LogP contribution in [0, 0.1) is 3.57 Å². The molecule has 1 amide bonds. The van der Waals surface area contributed by atoms with Crippen molar-refractivity contribution in [3.63, 3.8) is 0 Å². The lowest BCUT2D eigenvalue weighted by Gasteiger charge is -2.06. The van der Waals surface area contributed by atoms with E-state index in [-0.39, 0.29) is 5.91 Å². The SMILES string of the molecule is O=C(N/N=C\c1ccc(OCc2ccccc2)cc1)c1cccc(I)c1. The monoisotopic (exact) mass is 456 g/mol. The van der Waals surface area contributed by atoms with Gasteiger partial charge in [-0.15, -0.1) is 0 Å². The van der Waals surface area contributed by atoms with E-state index in [2.05, 4.69) is 33.1 Å². The molecule has 0 aliphatic heterocycles. The summed E-state index contributed by atoms with van der Waals surface area (Å²) in [7, 11) is 0. The van der Waals surface area contributed by atoms with Crippen molar-refractivity contribution in [2.24, 2.45) is 5.10 Å². The molecule has 0 saturated carbocycles. The van der Waals surface area contributed by atoms with E-state index in [0.29, 0.717) is 12.2 Å². The summed E-state index contributed by atoms with van der Waals surface area (Å²) in [6.45, 7) is 0.528. The van der Waals surface area contributed by atoms with Gasteiger partial charge in [0.25, 0.3) is 5.91 Å². The van der Waals surface area contributed by atoms with E-state index in [0.717, 1.165) is 20.4 Å². The third kappa shape index (κ3) is 5.42. The number of halogens is 1. The number of nitrogens with zero attached hydrogens (tertiary/aromatic N) is 1. The summed E-state index contributed by atoms with van der Waals surface area (Å²) in [5, 5.41) is 4.00. The average Bonchev–Trinajstić information content (AvgIpc) is 2.68. The molecule has 0 aromatic heterocycles. The minimum absolute atomic E-state index is 0.234. The molecule has 3 aromatic rings. The molecule has 0 atom stereocenters. The Labute approximate surface area is 166 Å². The minimum atomic E-state index is -0.234. The van der Waals surface area contributed by atoms with Crippen molar-refractivity contribution in [1.29, 1.82) is 0 Å². The molecule has 5 heteroatoms. The molecule has 130 valence electrons. The molecule has 0 radical (unpaired) electrons. The van der Waals surface area contributed by atoms with E-state index in [1.807, 2.05) is 72.8 Å². The van der Waals surface area contributed by atoms with Gasteiger partial charge in [0.2, 0.25) is 0 Å². The van der Waals surface area contributed by atoms with E-state index in [4.69, 9.17) is 4.74 Å². The Bertz CT molecular complexity index is 893. The lowest BCUT2D eigenvalue weighted by molar-refractivity contribution is 0.0955. The van der Waals surface area contributed by atoms with Gasteiger partial charge in [-0.2, -0.15) is 5.10 Å². The highest BCUT2D eigenvalue weighted by Gasteiger charge is 2.03. The zero-order valence-corrected chi connectivity index (χ0v) is 16.1. The van der Waals surface area contributed by atoms with Crippen molar-refractivity contribution in [3.8, 4) is 5.75 Å². The van der Waals surface area contributed by atoms with Crippen molar-refractivity contribution >= 4 is 34.7 Å². The molecular weight excluding hydrogens is 439 g/mol. The molecule has 4 nitrogen and oxygen atoms in total. The van der Waals surface area contributed by atoms with Gasteiger partial charge in [0.05, 0.1) is 6.21 Å². The Kier molecular flexibility index (Phi) is 6.38. The first-order valence-electron chi connectivity index (χ1n) is 8.06. The molecule has 0 spiro atoms. The van der Waals surface area contributed by atoms with Gasteiger partial charge in [-0.3, -0.25) is 4.79 Å². The summed E-state index contributed by atoms with van der Waals surface area (Å²) in [5.41, 5.74) is 5.11. The maximum atomic E-state index is 12.0. The Morgan fingerprint density at radius 1 is 1.00 bits per heavy atom. The summed E-state index contributed by atoms with van der Waals surface area (Å²) in [5.74, 6) is 0.552. The van der Waals surface area contributed by atoms with Crippen molar-refractivity contribution < 1.29 is 9.53 Å². The van der Waals surface area contributed by atoms with Crippen LogP contribution in [0.2, 0.25) is 0 Å². The van der Waals surface area contributed by atoms with Crippen molar-refractivity contribution in [3.05, 3.63) is 99.1 Å². The van der Waals surface area contributed by atoms with Crippen LogP contribution in [0.15, 0.2) is 84.0 Å². The Morgan fingerprint density at radius 2 is 1.77 bits per heavy atom. The van der Waals surface area contributed by atoms with Gasteiger partial charge >= 0.3 is 0 Å². The van der Waals surface area contributed by atoms with Gasteiger partial charge in [0.15, 0.2) is 0 Å². The van der Waals surface area contributed by atoms with E-state index >= 15 is 0 Å². The first kappa shape index (κ1) is 18.1. The zero-order chi connectivity index (χ0) is 18.2. The first-order chi connectivity index (χ1) is 12.7. The van der Waals surface area contributed by atoms with Crippen molar-refractivity contribution in [1.82, 2.24) is 5.43 Å². The molecule has 0 saturated heterocycles. The summed E-state index contributed by atoms with van der Waals surface area (Å²) >= 11 is 2.17. The van der Waals surface area contributed by atoms with E-state index in [1.165, 1.54) is 0 Å². The highest BCUT2D eigenvalue weighted by atomic mass is 127. The number of rotatable bonds is 6. The van der Waals surface area contributed by atoms with E-state index in [1.54, 1.807) is 12.3 Å². The van der Waals surface area contributed by atoms with Crippen LogP contribution in [0.1, 0.15) is 21.5 Å². The molecule has 1 N–H and O–H groups in total. The number of hydrazone groups is 1. The smallest absolute Gasteiger partial charge is 0.271 e. The van der Waals surface area contributed by atoms with Crippen LogP contribution >= 0.6 is 22.6 Å². The molecular formula is C21H17IN2O2. The summed E-state index contributed by atoms with van der Waals surface area (Å²) in [6, 6.07) is 24.9. The van der Waals surface area contributed by atoms with E-state index < -0.39 is 0 Å². The molecule has 3 rings (SSSR count). The van der Waals surface area contributed by atoms with Gasteiger partial charge in [-0.1, -0.05) is 36.4 Å². The van der Waals surface area contributed by atoms with Crippen molar-refractivity contribution in [2.75, 3.05) is 0 Å². The lowest BCUT2D eigenvalue weighted by atomic mass is 10.2. The van der Waals surface area contributed by atoms with Crippen LogP contribution in [0.5, 0.6) is 5.75 Å². The Balaban J connectivity index is 1.52. The number of hydrogen-bond acceptors (Lipinski definition) is 3. The average molecular weight is 456 g/mol. The second kappa shape index (κ2) is 9.15. The van der Waals surface area contributed by atoms with E-state index in [9.17, 15) is 4.79 Å². The van der Waals surface area contributed by atoms with Gasteiger partial charge in [0, 0.05) is 9.13 Å². The number of benzene rings is 3. The third-order valence-corrected chi connectivity index (χ3v) is 4.27. The second-order valence-electron chi connectivity index (χ2n) is 5.55. The number of nitrogens with one attached hydrogen (secondary N) is 1. The van der Waals surface area contributed by atoms with Crippen LogP contribution in [0.3, 0.4) is 0 Å². The van der Waals surface area contributed by atoms with Gasteiger partial charge in [-0.05, 0) is 76.2 Å². The predicted octanol–water partition coefficient (Wildman–Crippen LogP) is 4.63. The molecule has 0 unspecified atom stereocenters. The number of hydrogen-bond donors (Lipinski definition) is 1. The lowest BCUT2D eigenvalue weighted by Crippen LogP contribution is -2.17. The predicted molar refractivity (Wildman–Crippen MR) is 111 cm³/mol. The Morgan fingerprint density at radius 3 is 2.50 bits per heavy atom. The molecule has 3 aromatic carbocycles. The van der Waals surface area contributed by atoms with Gasteiger partial charge < -0.3 is 4.74 Å². The molecule has 0 aliphatic carbocycles. The van der Waals surface area contributed by atoms with Crippen molar-refractivity contribution in [2.45, 2.75) is 6.61 Å². The summed E-state index contributed by atoms with van der Waals surface area (Å²) in [6.07, 6.45) is 1.60. The number of ether oxygens (including phenoxy) is 1. The minimum Gasteiger partial charge on any atom is -0.489 e. The fourth-order valence-electron chi connectivity index (χ4n) is 2.25. The second-order valence-corrected chi connectivity index (χ2v) is 6.80. The summed E-state index contributed by atoms with van der Waals surface area (Å²) < 4.78 is 6.75. The zero-order valence-electron chi connectivity index (χ0n) is 13.9. The highest BCUT2D eigenvalue weighted by Crippen LogP contribution is 2.13. The van der Waals surface area contributed by atoms with Crippen LogP contribution in [0.25, 0.3) is 0 Å². The fraction of sp³-hybridized carbons (Fsp3) is 0.0476. The number of carbonyl (C=O) groups excluding carboxylic acids is 1. The molecule has 0 fully saturated rings. The molecule has 0 aliphatic rings. The molecule has 0 bridgehead atoms. The van der Waals surface area contributed by atoms with Crippen LogP contribution in [-0.2, 0) is 6.61 Å². The number of amides is 1. The highest BCUT2D eigenvalue weighted by molar-refractivity contribution is 14.1. The third-order valence-electron chi connectivity index (χ3n) is 3.59. The first-order valence-corrected chi connectivity index (χ1v) is 9.14. The van der Waals surface area contributed by atoms with Crippen LogP contribution < -0.4 is 10.2 Å². The standard InChI is InChI=1S/C21H17IN2O2/c22-19-8-4-7-18(13-19)21(25)24-23-14-16-9-11-20(12-10-16)26-15-17-5-2-1-3-6-17/h1-14H,15H2,(H,24,25)/b23-14-. The topological polar surface area (TPSA) is 50.7 Å². The van der Waals surface area contributed by atoms with Crippen LogP contribution in [0.4, 0.5) is 0 Å². The maximum absolute atomic E-state index is 12.0. The maximum Gasteiger partial charge on any atom is 0.271 e. The van der Waals surface area contributed by atoms with Gasteiger partial charge in [0.1, 0.15) is 12.4 Å².